The molecule has 0 aromatic heterocycles. The molecule has 2 aromatic carbocycles. The normalized spacial score (nSPS) is 11.6. The molecule has 0 bridgehead atoms. The van der Waals surface area contributed by atoms with Gasteiger partial charge in [-0.3, -0.25) is 9.59 Å². The maximum atomic E-state index is 13.1. The van der Waals surface area contributed by atoms with Gasteiger partial charge in [-0.15, -0.1) is 0 Å². The Morgan fingerprint density at radius 3 is 2.56 bits per heavy atom. The molecule has 0 aliphatic rings. The summed E-state index contributed by atoms with van der Waals surface area (Å²) in [7, 11) is 0. The van der Waals surface area contributed by atoms with Crippen LogP contribution in [0.3, 0.4) is 0 Å². The topological polar surface area (TPSA) is 58.6 Å². The zero-order valence-corrected chi connectivity index (χ0v) is 16.0. The zero-order valence-electron chi connectivity index (χ0n) is 15.2. The van der Waals surface area contributed by atoms with Crippen molar-refractivity contribution in [2.75, 3.05) is 13.2 Å². The van der Waals surface area contributed by atoms with E-state index in [1.807, 2.05) is 0 Å². The maximum absolute atomic E-state index is 13.1. The highest BCUT2D eigenvalue weighted by molar-refractivity contribution is 6.30. The van der Waals surface area contributed by atoms with Gasteiger partial charge in [0.2, 0.25) is 5.91 Å². The third kappa shape index (κ3) is 6.25. The number of likely N-dealkylation sites (N-methyl/N-ethyl adjacent to an activating group) is 1. The molecule has 0 aliphatic carbocycles. The van der Waals surface area contributed by atoms with Gasteiger partial charge in [-0.25, -0.2) is 4.39 Å². The number of benzene rings is 2. The molecule has 0 radical (unpaired) electrons. The molecule has 0 saturated heterocycles. The quantitative estimate of drug-likeness (QED) is 0.749. The van der Waals surface area contributed by atoms with Crippen molar-refractivity contribution in [1.29, 1.82) is 0 Å². The molecule has 144 valence electrons. The Kier molecular flexibility index (Phi) is 7.61. The van der Waals surface area contributed by atoms with Crippen molar-refractivity contribution in [3.8, 4) is 5.75 Å². The number of carbonyl (C=O) groups excluding carboxylic acids is 2. The van der Waals surface area contributed by atoms with E-state index in [0.717, 1.165) is 0 Å². The third-order valence-corrected chi connectivity index (χ3v) is 4.18. The highest BCUT2D eigenvalue weighted by Crippen LogP contribution is 2.18. The van der Waals surface area contributed by atoms with E-state index in [-0.39, 0.29) is 30.8 Å². The van der Waals surface area contributed by atoms with Gasteiger partial charge < -0.3 is 15.0 Å². The summed E-state index contributed by atoms with van der Waals surface area (Å²) in [6.45, 7) is 3.83. The summed E-state index contributed by atoms with van der Waals surface area (Å²) >= 11 is 5.91. The fraction of sp³-hybridized carbons (Fsp3) is 0.300. The van der Waals surface area contributed by atoms with Gasteiger partial charge in [0, 0.05) is 18.1 Å². The van der Waals surface area contributed by atoms with Gasteiger partial charge in [0.05, 0.1) is 0 Å². The van der Waals surface area contributed by atoms with E-state index in [1.165, 1.54) is 17.0 Å². The van der Waals surface area contributed by atoms with Crippen molar-refractivity contribution in [3.05, 3.63) is 64.9 Å². The highest BCUT2D eigenvalue weighted by atomic mass is 35.5. The van der Waals surface area contributed by atoms with Gasteiger partial charge in [-0.2, -0.15) is 0 Å². The Bertz CT molecular complexity index is 783. The summed E-state index contributed by atoms with van der Waals surface area (Å²) in [6.07, 6.45) is 0. The lowest BCUT2D eigenvalue weighted by Gasteiger charge is -2.28. The van der Waals surface area contributed by atoms with E-state index < -0.39 is 6.04 Å². The standard InChI is InChI=1S/C20H22ClFN2O3/c1-3-23-20(26)14(2)24(12-15-7-9-17(22)10-8-15)19(25)13-27-18-6-4-5-16(21)11-18/h4-11,14H,3,12-13H2,1-2H3,(H,23,26)/t14-/m0/s1. The van der Waals surface area contributed by atoms with Gasteiger partial charge in [0.25, 0.3) is 5.91 Å². The van der Waals surface area contributed by atoms with Crippen molar-refractivity contribution >= 4 is 23.4 Å². The van der Waals surface area contributed by atoms with Crippen LogP contribution in [-0.4, -0.2) is 35.9 Å². The van der Waals surface area contributed by atoms with E-state index in [4.69, 9.17) is 16.3 Å². The number of hydrogen-bond acceptors (Lipinski definition) is 3. The number of nitrogens with one attached hydrogen (secondary N) is 1. The minimum atomic E-state index is -0.703. The molecule has 0 fully saturated rings. The molecule has 0 aliphatic heterocycles. The van der Waals surface area contributed by atoms with E-state index >= 15 is 0 Å². The van der Waals surface area contributed by atoms with Crippen LogP contribution >= 0.6 is 11.6 Å². The van der Waals surface area contributed by atoms with E-state index in [1.54, 1.807) is 50.2 Å². The Labute approximate surface area is 163 Å². The molecule has 2 rings (SSSR count). The molecule has 0 unspecified atom stereocenters. The molecule has 1 atom stereocenters. The second-order valence-electron chi connectivity index (χ2n) is 5.96. The van der Waals surface area contributed by atoms with Gasteiger partial charge in [-0.05, 0) is 49.7 Å². The fourth-order valence-corrected chi connectivity index (χ4v) is 2.66. The first-order valence-electron chi connectivity index (χ1n) is 8.60. The first kappa shape index (κ1) is 20.7. The van der Waals surface area contributed by atoms with Crippen LogP contribution in [0.4, 0.5) is 4.39 Å². The molecule has 2 amide bonds. The van der Waals surface area contributed by atoms with Gasteiger partial charge in [-0.1, -0.05) is 29.8 Å². The van der Waals surface area contributed by atoms with Crippen molar-refractivity contribution in [2.45, 2.75) is 26.4 Å². The fourth-order valence-electron chi connectivity index (χ4n) is 2.48. The lowest BCUT2D eigenvalue weighted by Crippen LogP contribution is -2.49. The van der Waals surface area contributed by atoms with Gasteiger partial charge >= 0.3 is 0 Å². The largest absolute Gasteiger partial charge is 0.484 e. The molecule has 7 heteroatoms. The first-order valence-corrected chi connectivity index (χ1v) is 8.98. The van der Waals surface area contributed by atoms with Gasteiger partial charge in [0.15, 0.2) is 6.61 Å². The molecule has 5 nitrogen and oxygen atoms in total. The van der Waals surface area contributed by atoms with Crippen LogP contribution in [0.2, 0.25) is 5.02 Å². The molecule has 0 heterocycles. The van der Waals surface area contributed by atoms with Crippen LogP contribution in [0, 0.1) is 5.82 Å². The number of ether oxygens (including phenoxy) is 1. The van der Waals surface area contributed by atoms with Crippen LogP contribution in [0.1, 0.15) is 19.4 Å². The predicted molar refractivity (Wildman–Crippen MR) is 102 cm³/mol. The lowest BCUT2D eigenvalue weighted by molar-refractivity contribution is -0.142. The minimum Gasteiger partial charge on any atom is -0.484 e. The molecular weight excluding hydrogens is 371 g/mol. The van der Waals surface area contributed by atoms with Crippen LogP contribution in [0.5, 0.6) is 5.75 Å². The van der Waals surface area contributed by atoms with Crippen molar-refractivity contribution in [2.24, 2.45) is 0 Å². The van der Waals surface area contributed by atoms with Gasteiger partial charge in [0.1, 0.15) is 17.6 Å². The van der Waals surface area contributed by atoms with E-state index in [2.05, 4.69) is 5.32 Å². The number of hydrogen-bond donors (Lipinski definition) is 1. The minimum absolute atomic E-state index is 0.163. The third-order valence-electron chi connectivity index (χ3n) is 3.94. The predicted octanol–water partition coefficient (Wildman–Crippen LogP) is 3.41. The second kappa shape index (κ2) is 9.92. The summed E-state index contributed by atoms with van der Waals surface area (Å²) in [5.41, 5.74) is 0.712. The van der Waals surface area contributed by atoms with Crippen molar-refractivity contribution < 1.29 is 18.7 Å². The molecule has 2 aromatic rings. The lowest BCUT2D eigenvalue weighted by atomic mass is 10.1. The summed E-state index contributed by atoms with van der Waals surface area (Å²) in [4.78, 5) is 26.4. The molecule has 27 heavy (non-hydrogen) atoms. The summed E-state index contributed by atoms with van der Waals surface area (Å²) in [5.74, 6) is -0.533. The number of rotatable bonds is 8. The Hall–Kier alpha value is -2.60. The van der Waals surface area contributed by atoms with Crippen LogP contribution < -0.4 is 10.1 Å². The highest BCUT2D eigenvalue weighted by Gasteiger charge is 2.26. The van der Waals surface area contributed by atoms with Crippen LogP contribution in [-0.2, 0) is 16.1 Å². The monoisotopic (exact) mass is 392 g/mol. The smallest absolute Gasteiger partial charge is 0.261 e. The average Bonchev–Trinajstić information content (AvgIpc) is 2.65. The Morgan fingerprint density at radius 1 is 1.22 bits per heavy atom. The van der Waals surface area contributed by atoms with E-state index in [9.17, 15) is 14.0 Å². The van der Waals surface area contributed by atoms with Crippen LogP contribution in [0.15, 0.2) is 48.5 Å². The summed E-state index contributed by atoms with van der Waals surface area (Å²) in [6, 6.07) is 11.8. The molecule has 0 saturated carbocycles. The SMILES string of the molecule is CCNC(=O)[C@H](C)N(Cc1ccc(F)cc1)C(=O)COc1cccc(Cl)c1. The van der Waals surface area contributed by atoms with Crippen LogP contribution in [0.25, 0.3) is 0 Å². The molecular formula is C20H22ClFN2O3. The number of carbonyl (C=O) groups is 2. The molecule has 0 spiro atoms. The maximum Gasteiger partial charge on any atom is 0.261 e. The summed E-state index contributed by atoms with van der Waals surface area (Å²) < 4.78 is 18.6. The van der Waals surface area contributed by atoms with Crippen molar-refractivity contribution in [3.63, 3.8) is 0 Å². The summed E-state index contributed by atoms with van der Waals surface area (Å²) in [5, 5.41) is 3.20. The first-order chi connectivity index (χ1) is 12.9. The second-order valence-corrected chi connectivity index (χ2v) is 6.40. The molecule has 1 N–H and O–H groups in total. The van der Waals surface area contributed by atoms with Crippen molar-refractivity contribution in [1.82, 2.24) is 10.2 Å². The number of halogens is 2. The average molecular weight is 393 g/mol. The Morgan fingerprint density at radius 2 is 1.93 bits per heavy atom. The zero-order chi connectivity index (χ0) is 19.8. The van der Waals surface area contributed by atoms with E-state index in [0.29, 0.717) is 22.9 Å². The Balaban J connectivity index is 2.12. The number of nitrogens with zero attached hydrogens (tertiary/aromatic N) is 1. The number of amides is 2.